The Balaban J connectivity index is 2.50. The van der Waals surface area contributed by atoms with E-state index in [1.54, 1.807) is 6.07 Å². The third kappa shape index (κ3) is 2.84. The monoisotopic (exact) mass is 282 g/mol. The van der Waals surface area contributed by atoms with Crippen molar-refractivity contribution in [1.29, 1.82) is 0 Å². The molecule has 0 aliphatic heterocycles. The van der Waals surface area contributed by atoms with E-state index in [1.807, 2.05) is 48.5 Å². The van der Waals surface area contributed by atoms with E-state index < -0.39 is 0 Å². The van der Waals surface area contributed by atoms with E-state index in [1.165, 1.54) is 0 Å². The Bertz CT molecular complexity index is 544. The maximum atomic E-state index is 6.26. The first-order chi connectivity index (χ1) is 8.20. The smallest absolute Gasteiger partial charge is 0.0685 e. The minimum atomic E-state index is 0.462. The molecule has 2 aromatic carbocycles. The summed E-state index contributed by atoms with van der Waals surface area (Å²) in [7, 11) is 0. The van der Waals surface area contributed by atoms with Crippen molar-refractivity contribution in [1.82, 2.24) is 0 Å². The van der Waals surface area contributed by atoms with Crippen LogP contribution in [0.4, 0.5) is 0 Å². The van der Waals surface area contributed by atoms with Crippen LogP contribution in [0, 0.1) is 0 Å². The van der Waals surface area contributed by atoms with E-state index in [4.69, 9.17) is 34.8 Å². The zero-order valence-corrected chi connectivity index (χ0v) is 11.1. The van der Waals surface area contributed by atoms with E-state index in [0.29, 0.717) is 15.1 Å². The van der Waals surface area contributed by atoms with Crippen molar-refractivity contribution in [2.45, 2.75) is 0 Å². The van der Waals surface area contributed by atoms with Gasteiger partial charge in [0.25, 0.3) is 0 Å². The summed E-state index contributed by atoms with van der Waals surface area (Å²) in [4.78, 5) is 0. The van der Waals surface area contributed by atoms with Gasteiger partial charge in [-0.15, -0.1) is 0 Å². The van der Waals surface area contributed by atoms with Gasteiger partial charge in [0.15, 0.2) is 0 Å². The zero-order chi connectivity index (χ0) is 12.3. The Morgan fingerprint density at radius 3 is 1.94 bits per heavy atom. The predicted molar refractivity (Wildman–Crippen MR) is 76.4 cm³/mol. The molecule has 0 radical (unpaired) electrons. The van der Waals surface area contributed by atoms with Crippen molar-refractivity contribution >= 4 is 44.9 Å². The van der Waals surface area contributed by atoms with E-state index >= 15 is 0 Å². The Morgan fingerprint density at radius 1 is 0.706 bits per heavy atom. The third-order valence-electron chi connectivity index (χ3n) is 2.33. The molecule has 0 saturated heterocycles. The molecular formula is C14H9Cl3. The predicted octanol–water partition coefficient (Wildman–Crippen LogP) is 5.64. The van der Waals surface area contributed by atoms with E-state index in [2.05, 4.69) is 0 Å². The summed E-state index contributed by atoms with van der Waals surface area (Å²) < 4.78 is 0. The number of rotatable bonds is 2. The minimum Gasteiger partial charge on any atom is -0.0836 e. The van der Waals surface area contributed by atoms with Gasteiger partial charge in [0.2, 0.25) is 0 Å². The molecule has 0 aliphatic carbocycles. The SMILES string of the molecule is ClC(=C(Cl)c1ccccc1Cl)c1ccccc1. The van der Waals surface area contributed by atoms with Gasteiger partial charge in [0.1, 0.15) is 0 Å². The minimum absolute atomic E-state index is 0.462. The summed E-state index contributed by atoms with van der Waals surface area (Å²) in [6, 6.07) is 16.9. The van der Waals surface area contributed by atoms with Crippen LogP contribution in [0.2, 0.25) is 5.02 Å². The summed E-state index contributed by atoms with van der Waals surface area (Å²) in [5.41, 5.74) is 1.61. The summed E-state index contributed by atoms with van der Waals surface area (Å²) in [6.45, 7) is 0. The van der Waals surface area contributed by atoms with Gasteiger partial charge in [0.05, 0.1) is 10.1 Å². The van der Waals surface area contributed by atoms with Crippen LogP contribution in [0.5, 0.6) is 0 Å². The lowest BCUT2D eigenvalue weighted by atomic mass is 10.1. The van der Waals surface area contributed by atoms with Crippen LogP contribution >= 0.6 is 34.8 Å². The van der Waals surface area contributed by atoms with Crippen LogP contribution in [0.1, 0.15) is 11.1 Å². The molecule has 0 unspecified atom stereocenters. The highest BCUT2D eigenvalue weighted by Crippen LogP contribution is 2.35. The summed E-state index contributed by atoms with van der Waals surface area (Å²) in [6.07, 6.45) is 0. The largest absolute Gasteiger partial charge is 0.0836 e. The molecule has 0 saturated carbocycles. The molecule has 0 heterocycles. The summed E-state index contributed by atoms with van der Waals surface area (Å²) >= 11 is 18.6. The molecule has 0 aromatic heterocycles. The molecule has 2 rings (SSSR count). The molecule has 0 bridgehead atoms. The van der Waals surface area contributed by atoms with Crippen molar-refractivity contribution in [3.63, 3.8) is 0 Å². The van der Waals surface area contributed by atoms with Gasteiger partial charge < -0.3 is 0 Å². The maximum Gasteiger partial charge on any atom is 0.0685 e. The van der Waals surface area contributed by atoms with Crippen LogP contribution in [-0.4, -0.2) is 0 Å². The Morgan fingerprint density at radius 2 is 1.29 bits per heavy atom. The van der Waals surface area contributed by atoms with Crippen molar-refractivity contribution < 1.29 is 0 Å². The normalized spacial score (nSPS) is 12.2. The molecule has 0 amide bonds. The second-order valence-electron chi connectivity index (χ2n) is 3.47. The lowest BCUT2D eigenvalue weighted by Gasteiger charge is -2.06. The molecule has 0 N–H and O–H groups in total. The fourth-order valence-electron chi connectivity index (χ4n) is 1.47. The van der Waals surface area contributed by atoms with Crippen LogP contribution in [0.3, 0.4) is 0 Å². The Hall–Kier alpha value is -0.950. The fraction of sp³-hybridized carbons (Fsp3) is 0. The molecule has 0 fully saturated rings. The van der Waals surface area contributed by atoms with Gasteiger partial charge in [-0.25, -0.2) is 0 Å². The average Bonchev–Trinajstić information content (AvgIpc) is 2.39. The molecular weight excluding hydrogens is 275 g/mol. The zero-order valence-electron chi connectivity index (χ0n) is 8.83. The van der Waals surface area contributed by atoms with Gasteiger partial charge in [-0.1, -0.05) is 83.3 Å². The van der Waals surface area contributed by atoms with Crippen molar-refractivity contribution in [2.24, 2.45) is 0 Å². The highest BCUT2D eigenvalue weighted by atomic mass is 35.5. The van der Waals surface area contributed by atoms with Gasteiger partial charge in [0, 0.05) is 10.6 Å². The first-order valence-electron chi connectivity index (χ1n) is 5.05. The molecule has 0 nitrogen and oxygen atoms in total. The molecule has 17 heavy (non-hydrogen) atoms. The molecule has 0 spiro atoms. The van der Waals surface area contributed by atoms with Crippen LogP contribution < -0.4 is 0 Å². The summed E-state index contributed by atoms with van der Waals surface area (Å²) in [5, 5.41) is 1.55. The standard InChI is InChI=1S/C14H9Cl3/c15-12-9-5-4-8-11(12)14(17)13(16)10-6-2-1-3-7-10/h1-9H. The van der Waals surface area contributed by atoms with E-state index in [0.717, 1.165) is 11.1 Å². The van der Waals surface area contributed by atoms with E-state index in [-0.39, 0.29) is 0 Å². The average molecular weight is 284 g/mol. The van der Waals surface area contributed by atoms with Crippen molar-refractivity contribution in [3.8, 4) is 0 Å². The first kappa shape index (κ1) is 12.5. The Kier molecular flexibility index (Phi) is 4.11. The molecule has 0 aliphatic rings. The molecule has 2 aromatic rings. The number of hydrogen-bond donors (Lipinski definition) is 0. The van der Waals surface area contributed by atoms with E-state index in [9.17, 15) is 0 Å². The summed E-state index contributed by atoms with van der Waals surface area (Å²) in [5.74, 6) is 0. The highest BCUT2D eigenvalue weighted by molar-refractivity contribution is 6.65. The van der Waals surface area contributed by atoms with Crippen molar-refractivity contribution in [3.05, 3.63) is 70.7 Å². The second kappa shape index (κ2) is 5.59. The number of hydrogen-bond acceptors (Lipinski definition) is 0. The molecule has 3 heteroatoms. The lowest BCUT2D eigenvalue weighted by Crippen LogP contribution is -1.83. The second-order valence-corrected chi connectivity index (χ2v) is 4.64. The van der Waals surface area contributed by atoms with Crippen LogP contribution in [0.15, 0.2) is 54.6 Å². The van der Waals surface area contributed by atoms with Crippen LogP contribution in [-0.2, 0) is 0 Å². The van der Waals surface area contributed by atoms with Crippen LogP contribution in [0.25, 0.3) is 10.1 Å². The topological polar surface area (TPSA) is 0 Å². The van der Waals surface area contributed by atoms with Crippen molar-refractivity contribution in [2.75, 3.05) is 0 Å². The number of benzene rings is 2. The maximum absolute atomic E-state index is 6.26. The Labute approximate surface area is 115 Å². The van der Waals surface area contributed by atoms with Gasteiger partial charge >= 0.3 is 0 Å². The number of halogens is 3. The lowest BCUT2D eigenvalue weighted by molar-refractivity contribution is 1.63. The molecule has 0 atom stereocenters. The molecule has 86 valence electrons. The highest BCUT2D eigenvalue weighted by Gasteiger charge is 2.09. The van der Waals surface area contributed by atoms with Gasteiger partial charge in [-0.05, 0) is 11.6 Å². The fourth-order valence-corrected chi connectivity index (χ4v) is 2.25. The third-order valence-corrected chi connectivity index (χ3v) is 3.56. The quantitative estimate of drug-likeness (QED) is 0.625. The van der Waals surface area contributed by atoms with Gasteiger partial charge in [-0.2, -0.15) is 0 Å². The van der Waals surface area contributed by atoms with Gasteiger partial charge in [-0.3, -0.25) is 0 Å². The first-order valence-corrected chi connectivity index (χ1v) is 6.19.